The Bertz CT molecular complexity index is 1450. The molecule has 0 spiro atoms. The number of benzene rings is 4. The Labute approximate surface area is 206 Å². The maximum Gasteiger partial charge on any atom is 0.363 e. The summed E-state index contributed by atoms with van der Waals surface area (Å²) in [6.07, 6.45) is 0. The van der Waals surface area contributed by atoms with Crippen molar-refractivity contribution in [1.29, 1.82) is 0 Å². The van der Waals surface area contributed by atoms with E-state index in [4.69, 9.17) is 33.0 Å². The van der Waals surface area contributed by atoms with Gasteiger partial charge in [-0.3, -0.25) is 0 Å². The third-order valence-corrected chi connectivity index (χ3v) is 5.84. The standard InChI is InChI=1S/C28H18Cl2N2O2/c29-22-16-17-23(24(30)18-22)27-31-25(19-10-4-1-5-11-19)26(20-12-6-2-7-13-20)32(27)34-28(33)21-14-8-3-9-15-21/h1-18H. The number of nitrogens with zero attached hydrogens (tertiary/aromatic N) is 2. The van der Waals surface area contributed by atoms with Crippen molar-refractivity contribution >= 4 is 29.2 Å². The topological polar surface area (TPSA) is 44.1 Å². The molecule has 1 aromatic heterocycles. The molecule has 0 saturated carbocycles. The van der Waals surface area contributed by atoms with Crippen LogP contribution in [0.1, 0.15) is 10.4 Å². The van der Waals surface area contributed by atoms with Gasteiger partial charge in [-0.15, -0.1) is 0 Å². The molecule has 0 atom stereocenters. The second kappa shape index (κ2) is 9.56. The molecule has 5 rings (SSSR count). The molecule has 0 N–H and O–H groups in total. The molecule has 0 aliphatic rings. The number of hydrogen-bond acceptors (Lipinski definition) is 3. The summed E-state index contributed by atoms with van der Waals surface area (Å²) < 4.78 is 1.46. The van der Waals surface area contributed by atoms with Gasteiger partial charge in [0, 0.05) is 21.7 Å². The summed E-state index contributed by atoms with van der Waals surface area (Å²) >= 11 is 12.7. The quantitative estimate of drug-likeness (QED) is 0.260. The summed E-state index contributed by atoms with van der Waals surface area (Å²) in [4.78, 5) is 24.0. The van der Waals surface area contributed by atoms with Crippen molar-refractivity contribution in [3.8, 4) is 33.9 Å². The lowest BCUT2D eigenvalue weighted by atomic mass is 10.1. The van der Waals surface area contributed by atoms with E-state index < -0.39 is 5.97 Å². The predicted molar refractivity (Wildman–Crippen MR) is 136 cm³/mol. The average molecular weight is 485 g/mol. The highest BCUT2D eigenvalue weighted by atomic mass is 35.5. The Morgan fingerprint density at radius 1 is 0.735 bits per heavy atom. The number of halogens is 2. The van der Waals surface area contributed by atoms with E-state index in [0.717, 1.165) is 11.1 Å². The lowest BCUT2D eigenvalue weighted by molar-refractivity contribution is 0.0476. The van der Waals surface area contributed by atoms with Crippen LogP contribution in [0.15, 0.2) is 109 Å². The van der Waals surface area contributed by atoms with Crippen LogP contribution in [0.3, 0.4) is 0 Å². The van der Waals surface area contributed by atoms with Crippen molar-refractivity contribution < 1.29 is 9.63 Å². The summed E-state index contributed by atoms with van der Waals surface area (Å²) in [5.74, 6) is -0.121. The molecule has 4 aromatic carbocycles. The highest BCUT2D eigenvalue weighted by Crippen LogP contribution is 2.38. The van der Waals surface area contributed by atoms with Crippen molar-refractivity contribution in [1.82, 2.24) is 9.71 Å². The Kier molecular flexibility index (Phi) is 6.17. The van der Waals surface area contributed by atoms with Crippen molar-refractivity contribution in [2.75, 3.05) is 0 Å². The average Bonchev–Trinajstić information content (AvgIpc) is 3.24. The van der Waals surface area contributed by atoms with Crippen molar-refractivity contribution in [3.05, 3.63) is 125 Å². The Morgan fingerprint density at radius 3 is 1.94 bits per heavy atom. The summed E-state index contributed by atoms with van der Waals surface area (Å²) in [5.41, 5.74) is 4.02. The van der Waals surface area contributed by atoms with Crippen molar-refractivity contribution in [2.24, 2.45) is 0 Å². The van der Waals surface area contributed by atoms with Gasteiger partial charge in [-0.2, -0.15) is 4.73 Å². The van der Waals surface area contributed by atoms with Crippen LogP contribution in [0.2, 0.25) is 10.0 Å². The molecule has 5 aromatic rings. The molecule has 0 saturated heterocycles. The molecule has 166 valence electrons. The predicted octanol–water partition coefficient (Wildman–Crippen LogP) is 7.46. The van der Waals surface area contributed by atoms with E-state index >= 15 is 0 Å². The fourth-order valence-electron chi connectivity index (χ4n) is 3.69. The fraction of sp³-hybridized carbons (Fsp3) is 0. The van der Waals surface area contributed by atoms with Crippen LogP contribution in [-0.2, 0) is 0 Å². The van der Waals surface area contributed by atoms with Crippen LogP contribution in [0.4, 0.5) is 0 Å². The van der Waals surface area contributed by atoms with E-state index in [1.165, 1.54) is 4.73 Å². The summed E-state index contributed by atoms with van der Waals surface area (Å²) in [6.45, 7) is 0. The van der Waals surface area contributed by atoms with Crippen LogP contribution in [0.5, 0.6) is 0 Å². The van der Waals surface area contributed by atoms with Gasteiger partial charge in [0.15, 0.2) is 5.82 Å². The fourth-order valence-corrected chi connectivity index (χ4v) is 4.19. The molecule has 0 radical (unpaired) electrons. The van der Waals surface area contributed by atoms with E-state index in [9.17, 15) is 4.79 Å². The Balaban J connectivity index is 1.78. The van der Waals surface area contributed by atoms with Crippen LogP contribution >= 0.6 is 23.2 Å². The van der Waals surface area contributed by atoms with Gasteiger partial charge in [0.1, 0.15) is 11.4 Å². The van der Waals surface area contributed by atoms with Crippen LogP contribution < -0.4 is 4.84 Å². The molecule has 1 heterocycles. The molecule has 0 fully saturated rings. The third-order valence-electron chi connectivity index (χ3n) is 5.29. The zero-order valence-electron chi connectivity index (χ0n) is 17.9. The lowest BCUT2D eigenvalue weighted by Gasteiger charge is -2.13. The van der Waals surface area contributed by atoms with E-state index in [0.29, 0.717) is 38.4 Å². The molecule has 34 heavy (non-hydrogen) atoms. The van der Waals surface area contributed by atoms with Gasteiger partial charge in [0.2, 0.25) is 0 Å². The maximum atomic E-state index is 13.1. The molecule has 0 bridgehead atoms. The molecule has 4 nitrogen and oxygen atoms in total. The van der Waals surface area contributed by atoms with Crippen molar-refractivity contribution in [3.63, 3.8) is 0 Å². The van der Waals surface area contributed by atoms with Crippen LogP contribution in [-0.4, -0.2) is 15.7 Å². The van der Waals surface area contributed by atoms with E-state index in [1.807, 2.05) is 66.7 Å². The monoisotopic (exact) mass is 484 g/mol. The number of hydrogen-bond donors (Lipinski definition) is 0. The van der Waals surface area contributed by atoms with Crippen molar-refractivity contribution in [2.45, 2.75) is 0 Å². The van der Waals surface area contributed by atoms with E-state index in [-0.39, 0.29) is 0 Å². The zero-order chi connectivity index (χ0) is 23.5. The van der Waals surface area contributed by atoms with Crippen LogP contribution in [0, 0.1) is 0 Å². The minimum atomic E-state index is -0.513. The first-order valence-electron chi connectivity index (χ1n) is 10.6. The first-order valence-corrected chi connectivity index (χ1v) is 11.3. The first kappa shape index (κ1) is 22.0. The summed E-state index contributed by atoms with van der Waals surface area (Å²) in [7, 11) is 0. The normalized spacial score (nSPS) is 10.8. The number of carbonyl (C=O) groups excluding carboxylic acids is 1. The Morgan fingerprint density at radius 2 is 1.32 bits per heavy atom. The zero-order valence-corrected chi connectivity index (χ0v) is 19.4. The van der Waals surface area contributed by atoms with E-state index in [1.54, 1.807) is 42.5 Å². The van der Waals surface area contributed by atoms with Gasteiger partial charge in [-0.05, 0) is 30.3 Å². The van der Waals surface area contributed by atoms with Gasteiger partial charge in [0.05, 0.1) is 10.6 Å². The minimum absolute atomic E-state index is 0.392. The molecular weight excluding hydrogens is 467 g/mol. The number of imidazole rings is 1. The molecule has 0 aliphatic carbocycles. The highest BCUT2D eigenvalue weighted by molar-refractivity contribution is 6.36. The Hall–Kier alpha value is -3.86. The third kappa shape index (κ3) is 4.34. The van der Waals surface area contributed by atoms with Gasteiger partial charge in [0.25, 0.3) is 0 Å². The second-order valence-electron chi connectivity index (χ2n) is 7.53. The first-order chi connectivity index (χ1) is 16.6. The minimum Gasteiger partial charge on any atom is -0.329 e. The second-order valence-corrected chi connectivity index (χ2v) is 8.37. The number of carbonyl (C=O) groups is 1. The number of aromatic nitrogens is 2. The van der Waals surface area contributed by atoms with Gasteiger partial charge < -0.3 is 4.84 Å². The molecular formula is C28H18Cl2N2O2. The molecule has 6 heteroatoms. The largest absolute Gasteiger partial charge is 0.363 e. The number of rotatable bonds is 5. The SMILES string of the molecule is O=C(On1c(-c2ccc(Cl)cc2Cl)nc(-c2ccccc2)c1-c1ccccc1)c1ccccc1. The summed E-state index contributed by atoms with van der Waals surface area (Å²) in [5, 5.41) is 0.897. The van der Waals surface area contributed by atoms with Gasteiger partial charge in [-0.25, -0.2) is 9.78 Å². The van der Waals surface area contributed by atoms with Gasteiger partial charge in [-0.1, -0.05) is 102 Å². The molecule has 0 aliphatic heterocycles. The smallest absolute Gasteiger partial charge is 0.329 e. The highest BCUT2D eigenvalue weighted by Gasteiger charge is 2.25. The maximum absolute atomic E-state index is 13.1. The molecule has 0 amide bonds. The summed E-state index contributed by atoms with van der Waals surface area (Å²) in [6, 6.07) is 33.4. The molecule has 0 unspecified atom stereocenters. The van der Waals surface area contributed by atoms with Gasteiger partial charge >= 0.3 is 5.97 Å². The van der Waals surface area contributed by atoms with Crippen LogP contribution in [0.25, 0.3) is 33.9 Å². The van der Waals surface area contributed by atoms with E-state index in [2.05, 4.69) is 0 Å². The lowest BCUT2D eigenvalue weighted by Crippen LogP contribution is -2.21.